The highest BCUT2D eigenvalue weighted by Gasteiger charge is 2.00. The van der Waals surface area contributed by atoms with Gasteiger partial charge in [0, 0.05) is 12.6 Å². The molecule has 2 aromatic rings. The van der Waals surface area contributed by atoms with Gasteiger partial charge < -0.3 is 9.73 Å². The van der Waals surface area contributed by atoms with Gasteiger partial charge in [0.1, 0.15) is 17.3 Å². The predicted octanol–water partition coefficient (Wildman–Crippen LogP) is 3.16. The van der Waals surface area contributed by atoms with Gasteiger partial charge in [0.2, 0.25) is 0 Å². The molecule has 3 heteroatoms. The highest BCUT2D eigenvalue weighted by Crippen LogP contribution is 2.11. The second-order valence-electron chi connectivity index (χ2n) is 3.80. The molecule has 0 saturated carbocycles. The minimum absolute atomic E-state index is 0.677. The van der Waals surface area contributed by atoms with Crippen LogP contribution in [0.4, 0.5) is 5.82 Å². The summed E-state index contributed by atoms with van der Waals surface area (Å²) in [6.45, 7) is 4.78. The summed E-state index contributed by atoms with van der Waals surface area (Å²) in [5.74, 6) is 2.84. The van der Waals surface area contributed by atoms with Crippen LogP contribution in [0, 0.1) is 6.92 Å². The Labute approximate surface area is 95.5 Å². The van der Waals surface area contributed by atoms with Crippen molar-refractivity contribution in [2.75, 3.05) is 5.32 Å². The van der Waals surface area contributed by atoms with E-state index in [1.165, 1.54) is 0 Å². The van der Waals surface area contributed by atoms with Gasteiger partial charge in [-0.05, 0) is 30.7 Å². The lowest BCUT2D eigenvalue weighted by molar-refractivity contribution is 0.476. The fourth-order valence-electron chi connectivity index (χ4n) is 1.46. The maximum absolute atomic E-state index is 5.59. The first kappa shape index (κ1) is 10.7. The Kier molecular flexibility index (Phi) is 3.25. The average Bonchev–Trinajstić information content (AvgIpc) is 2.76. The molecule has 0 aliphatic carbocycles. The van der Waals surface area contributed by atoms with Crippen LogP contribution in [0.1, 0.15) is 24.0 Å². The monoisotopic (exact) mass is 216 g/mol. The molecule has 0 fully saturated rings. The molecule has 0 radical (unpaired) electrons. The van der Waals surface area contributed by atoms with Crippen LogP contribution >= 0.6 is 0 Å². The molecule has 0 spiro atoms. The van der Waals surface area contributed by atoms with E-state index in [4.69, 9.17) is 4.42 Å². The molecule has 0 atom stereocenters. The van der Waals surface area contributed by atoms with Gasteiger partial charge in [-0.1, -0.05) is 13.0 Å². The van der Waals surface area contributed by atoms with Crippen LogP contribution in [0.25, 0.3) is 0 Å². The quantitative estimate of drug-likeness (QED) is 0.853. The highest BCUT2D eigenvalue weighted by molar-refractivity contribution is 5.35. The van der Waals surface area contributed by atoms with Gasteiger partial charge >= 0.3 is 0 Å². The van der Waals surface area contributed by atoms with E-state index in [0.717, 1.165) is 29.3 Å². The van der Waals surface area contributed by atoms with Gasteiger partial charge in [-0.2, -0.15) is 0 Å². The molecule has 16 heavy (non-hydrogen) atoms. The van der Waals surface area contributed by atoms with Crippen molar-refractivity contribution in [2.45, 2.75) is 26.8 Å². The number of rotatable bonds is 4. The second kappa shape index (κ2) is 4.84. The van der Waals surface area contributed by atoms with Crippen molar-refractivity contribution < 1.29 is 4.42 Å². The van der Waals surface area contributed by atoms with Crippen molar-refractivity contribution in [3.05, 3.63) is 47.5 Å². The number of hydrogen-bond acceptors (Lipinski definition) is 3. The molecule has 1 N–H and O–H groups in total. The Morgan fingerprint density at radius 3 is 2.62 bits per heavy atom. The van der Waals surface area contributed by atoms with Crippen molar-refractivity contribution in [3.8, 4) is 0 Å². The average molecular weight is 216 g/mol. The Morgan fingerprint density at radius 2 is 2.00 bits per heavy atom. The Hall–Kier alpha value is -1.77. The van der Waals surface area contributed by atoms with E-state index in [1.807, 2.05) is 37.4 Å². The molecule has 0 bridgehead atoms. The summed E-state index contributed by atoms with van der Waals surface area (Å²) < 4.78 is 5.59. The number of hydrogen-bond donors (Lipinski definition) is 1. The van der Waals surface area contributed by atoms with Crippen molar-refractivity contribution >= 4 is 5.82 Å². The summed E-state index contributed by atoms with van der Waals surface area (Å²) in [6, 6.07) is 8.02. The molecular formula is C13H16N2O. The molecule has 0 amide bonds. The zero-order chi connectivity index (χ0) is 11.4. The van der Waals surface area contributed by atoms with Crippen LogP contribution in [0.2, 0.25) is 0 Å². The predicted molar refractivity (Wildman–Crippen MR) is 64.4 cm³/mol. The van der Waals surface area contributed by atoms with Crippen molar-refractivity contribution in [1.29, 1.82) is 0 Å². The van der Waals surface area contributed by atoms with E-state index in [-0.39, 0.29) is 0 Å². The van der Waals surface area contributed by atoms with Gasteiger partial charge in [0.25, 0.3) is 0 Å². The minimum Gasteiger partial charge on any atom is -0.464 e. The van der Waals surface area contributed by atoms with Gasteiger partial charge in [0.15, 0.2) is 0 Å². The zero-order valence-electron chi connectivity index (χ0n) is 9.66. The Balaban J connectivity index is 1.94. The SMILES string of the molecule is CCc1ccc(CNc2ccc(C)cn2)o1. The fourth-order valence-corrected chi connectivity index (χ4v) is 1.46. The summed E-state index contributed by atoms with van der Waals surface area (Å²) in [6.07, 6.45) is 2.78. The second-order valence-corrected chi connectivity index (χ2v) is 3.80. The molecular weight excluding hydrogens is 200 g/mol. The first-order valence-corrected chi connectivity index (χ1v) is 5.52. The van der Waals surface area contributed by atoms with Crippen LogP contribution in [0.3, 0.4) is 0 Å². The van der Waals surface area contributed by atoms with Crippen LogP contribution in [0.15, 0.2) is 34.9 Å². The maximum Gasteiger partial charge on any atom is 0.126 e. The van der Waals surface area contributed by atoms with Gasteiger partial charge in [0.05, 0.1) is 6.54 Å². The summed E-state index contributed by atoms with van der Waals surface area (Å²) in [5.41, 5.74) is 1.16. The maximum atomic E-state index is 5.59. The molecule has 2 aromatic heterocycles. The third-order valence-electron chi connectivity index (χ3n) is 2.42. The summed E-state index contributed by atoms with van der Waals surface area (Å²) >= 11 is 0. The molecule has 3 nitrogen and oxygen atoms in total. The first-order valence-electron chi connectivity index (χ1n) is 5.52. The highest BCUT2D eigenvalue weighted by atomic mass is 16.3. The number of furan rings is 1. The molecule has 0 unspecified atom stereocenters. The van der Waals surface area contributed by atoms with Crippen LogP contribution < -0.4 is 5.32 Å². The molecule has 2 rings (SSSR count). The van der Waals surface area contributed by atoms with E-state index in [9.17, 15) is 0 Å². The number of aryl methyl sites for hydroxylation is 2. The van der Waals surface area contributed by atoms with E-state index in [2.05, 4.69) is 17.2 Å². The minimum atomic E-state index is 0.677. The van der Waals surface area contributed by atoms with Gasteiger partial charge in [-0.25, -0.2) is 4.98 Å². The number of aromatic nitrogens is 1. The van der Waals surface area contributed by atoms with Gasteiger partial charge in [-0.3, -0.25) is 0 Å². The van der Waals surface area contributed by atoms with Crippen molar-refractivity contribution in [1.82, 2.24) is 4.98 Å². The normalized spacial score (nSPS) is 10.4. The summed E-state index contributed by atoms with van der Waals surface area (Å²) in [4.78, 5) is 4.27. The molecule has 2 heterocycles. The van der Waals surface area contributed by atoms with E-state index >= 15 is 0 Å². The Bertz CT molecular complexity index is 445. The third-order valence-corrected chi connectivity index (χ3v) is 2.42. The standard InChI is InChI=1S/C13H16N2O/c1-3-11-5-6-12(16-11)9-15-13-7-4-10(2)8-14-13/h4-8H,3,9H2,1-2H3,(H,14,15). The van der Waals surface area contributed by atoms with E-state index < -0.39 is 0 Å². The number of nitrogens with one attached hydrogen (secondary N) is 1. The van der Waals surface area contributed by atoms with Crippen molar-refractivity contribution in [2.24, 2.45) is 0 Å². The topological polar surface area (TPSA) is 38.1 Å². The largest absolute Gasteiger partial charge is 0.464 e. The van der Waals surface area contributed by atoms with Crippen LogP contribution in [-0.4, -0.2) is 4.98 Å². The lowest BCUT2D eigenvalue weighted by Gasteiger charge is -2.03. The first-order chi connectivity index (χ1) is 7.78. The van der Waals surface area contributed by atoms with Crippen molar-refractivity contribution in [3.63, 3.8) is 0 Å². The summed E-state index contributed by atoms with van der Waals surface area (Å²) in [5, 5.41) is 3.22. The summed E-state index contributed by atoms with van der Waals surface area (Å²) in [7, 11) is 0. The zero-order valence-corrected chi connectivity index (χ0v) is 9.66. The third kappa shape index (κ3) is 2.63. The lowest BCUT2D eigenvalue weighted by Crippen LogP contribution is -1.99. The van der Waals surface area contributed by atoms with Gasteiger partial charge in [-0.15, -0.1) is 0 Å². The molecule has 84 valence electrons. The lowest BCUT2D eigenvalue weighted by atomic mass is 10.3. The smallest absolute Gasteiger partial charge is 0.126 e. The van der Waals surface area contributed by atoms with E-state index in [1.54, 1.807) is 0 Å². The molecule has 0 saturated heterocycles. The Morgan fingerprint density at radius 1 is 1.19 bits per heavy atom. The fraction of sp³-hybridized carbons (Fsp3) is 0.308. The van der Waals surface area contributed by atoms with E-state index in [0.29, 0.717) is 6.54 Å². The molecule has 0 aliphatic rings. The van der Waals surface area contributed by atoms with Crippen LogP contribution in [-0.2, 0) is 13.0 Å². The molecule has 0 aliphatic heterocycles. The number of pyridine rings is 1. The van der Waals surface area contributed by atoms with Crippen LogP contribution in [0.5, 0.6) is 0 Å². The number of anilines is 1. The molecule has 0 aromatic carbocycles. The number of nitrogens with zero attached hydrogens (tertiary/aromatic N) is 1.